The second-order valence-electron chi connectivity index (χ2n) is 5.05. The molecular formula is C16H21NO3S. The van der Waals surface area contributed by atoms with Gasteiger partial charge < -0.3 is 14.7 Å². The van der Waals surface area contributed by atoms with Gasteiger partial charge in [0.25, 0.3) is 5.91 Å². The van der Waals surface area contributed by atoms with Gasteiger partial charge in [0, 0.05) is 19.7 Å². The van der Waals surface area contributed by atoms with Crippen LogP contribution in [-0.4, -0.2) is 48.3 Å². The van der Waals surface area contributed by atoms with Crippen molar-refractivity contribution in [1.29, 1.82) is 0 Å². The number of hydrogen-bond donors (Lipinski definition) is 1. The Balaban J connectivity index is 2.09. The lowest BCUT2D eigenvalue weighted by atomic mass is 10.1. The lowest BCUT2D eigenvalue weighted by molar-refractivity contribution is 0.00742. The summed E-state index contributed by atoms with van der Waals surface area (Å²) < 4.78 is 5.64. The van der Waals surface area contributed by atoms with E-state index in [-0.39, 0.29) is 18.6 Å². The summed E-state index contributed by atoms with van der Waals surface area (Å²) in [6, 6.07) is 1.89. The number of piperidine rings is 1. The van der Waals surface area contributed by atoms with Gasteiger partial charge in [-0.25, -0.2) is 0 Å². The molecule has 1 N–H and O–H groups in total. The van der Waals surface area contributed by atoms with Gasteiger partial charge in [-0.15, -0.1) is 11.3 Å². The Kier molecular flexibility index (Phi) is 5.80. The van der Waals surface area contributed by atoms with Crippen LogP contribution in [0.2, 0.25) is 0 Å². The minimum atomic E-state index is -0.164. The van der Waals surface area contributed by atoms with Crippen molar-refractivity contribution in [2.24, 2.45) is 0 Å². The standard InChI is InChI=1S/C16H21NO3S/c1-3-20-13-6-4-8-17(11-13)16(19)15-10-12(2)14(21-15)7-5-9-18/h10,13,18H,3-4,6,8-9,11H2,1-2H3. The lowest BCUT2D eigenvalue weighted by Gasteiger charge is -2.32. The fourth-order valence-electron chi connectivity index (χ4n) is 2.48. The maximum Gasteiger partial charge on any atom is 0.264 e. The highest BCUT2D eigenvalue weighted by Crippen LogP contribution is 2.24. The van der Waals surface area contributed by atoms with E-state index in [0.29, 0.717) is 18.0 Å². The van der Waals surface area contributed by atoms with Gasteiger partial charge in [0.05, 0.1) is 15.9 Å². The highest BCUT2D eigenvalue weighted by molar-refractivity contribution is 7.14. The lowest BCUT2D eigenvalue weighted by Crippen LogP contribution is -2.43. The van der Waals surface area contributed by atoms with Crippen LogP contribution in [0.1, 0.15) is 39.9 Å². The van der Waals surface area contributed by atoms with Crippen LogP contribution in [-0.2, 0) is 4.74 Å². The molecule has 0 saturated carbocycles. The summed E-state index contributed by atoms with van der Waals surface area (Å²) in [6.07, 6.45) is 2.16. The van der Waals surface area contributed by atoms with E-state index >= 15 is 0 Å². The maximum absolute atomic E-state index is 12.6. The van der Waals surface area contributed by atoms with Crippen LogP contribution < -0.4 is 0 Å². The number of carbonyl (C=O) groups excluding carboxylic acids is 1. The molecule has 114 valence electrons. The van der Waals surface area contributed by atoms with Crippen LogP contribution in [0.3, 0.4) is 0 Å². The number of aryl methyl sites for hydroxylation is 1. The number of aliphatic hydroxyl groups is 1. The monoisotopic (exact) mass is 307 g/mol. The molecule has 0 aromatic carbocycles. The minimum Gasteiger partial charge on any atom is -0.384 e. The Morgan fingerprint density at radius 3 is 3.14 bits per heavy atom. The number of carbonyl (C=O) groups is 1. The molecule has 2 rings (SSSR count). The summed E-state index contributed by atoms with van der Waals surface area (Å²) in [5.74, 6) is 5.58. The molecule has 0 spiro atoms. The summed E-state index contributed by atoms with van der Waals surface area (Å²) in [5.41, 5.74) is 0.989. The second kappa shape index (κ2) is 7.60. The smallest absolute Gasteiger partial charge is 0.264 e. The molecule has 2 heterocycles. The van der Waals surface area contributed by atoms with E-state index in [1.807, 2.05) is 24.8 Å². The molecule has 1 unspecified atom stereocenters. The highest BCUT2D eigenvalue weighted by atomic mass is 32.1. The van der Waals surface area contributed by atoms with Gasteiger partial charge in [-0.1, -0.05) is 11.8 Å². The quantitative estimate of drug-likeness (QED) is 0.870. The molecule has 1 atom stereocenters. The molecule has 4 nitrogen and oxygen atoms in total. The van der Waals surface area contributed by atoms with Crippen LogP contribution in [0.15, 0.2) is 6.07 Å². The highest BCUT2D eigenvalue weighted by Gasteiger charge is 2.25. The molecule has 5 heteroatoms. The number of rotatable bonds is 3. The average Bonchev–Trinajstić information content (AvgIpc) is 2.86. The number of ether oxygens (including phenoxy) is 1. The van der Waals surface area contributed by atoms with Crippen LogP contribution in [0.4, 0.5) is 0 Å². The zero-order chi connectivity index (χ0) is 15.2. The fraction of sp³-hybridized carbons (Fsp3) is 0.562. The van der Waals surface area contributed by atoms with E-state index in [4.69, 9.17) is 9.84 Å². The number of nitrogens with zero attached hydrogens (tertiary/aromatic N) is 1. The molecule has 1 fully saturated rings. The third-order valence-electron chi connectivity index (χ3n) is 3.48. The third kappa shape index (κ3) is 4.07. The van der Waals surface area contributed by atoms with Crippen LogP contribution in [0, 0.1) is 18.8 Å². The summed E-state index contributed by atoms with van der Waals surface area (Å²) in [5, 5.41) is 8.76. The van der Waals surface area contributed by atoms with Crippen molar-refractivity contribution in [2.45, 2.75) is 32.8 Å². The number of aliphatic hydroxyl groups excluding tert-OH is 1. The molecule has 0 bridgehead atoms. The summed E-state index contributed by atoms with van der Waals surface area (Å²) in [6.45, 7) is 5.90. The second-order valence-corrected chi connectivity index (χ2v) is 6.11. The van der Waals surface area contributed by atoms with Gasteiger partial charge in [0.1, 0.15) is 6.61 Å². The first-order valence-corrected chi connectivity index (χ1v) is 8.08. The van der Waals surface area contributed by atoms with Crippen LogP contribution >= 0.6 is 11.3 Å². The Morgan fingerprint density at radius 1 is 1.62 bits per heavy atom. The molecule has 1 aliphatic rings. The van der Waals surface area contributed by atoms with Crippen molar-refractivity contribution < 1.29 is 14.6 Å². The van der Waals surface area contributed by atoms with E-state index in [1.54, 1.807) is 0 Å². The third-order valence-corrected chi connectivity index (χ3v) is 4.62. The molecule has 1 aromatic rings. The summed E-state index contributed by atoms with van der Waals surface area (Å²) in [4.78, 5) is 16.0. The Hall–Kier alpha value is -1.35. The normalized spacial score (nSPS) is 18.2. The topological polar surface area (TPSA) is 49.8 Å². The molecule has 1 amide bonds. The summed E-state index contributed by atoms with van der Waals surface area (Å²) >= 11 is 1.40. The van der Waals surface area contributed by atoms with Gasteiger partial charge in [-0.3, -0.25) is 4.79 Å². The van der Waals surface area contributed by atoms with Crippen LogP contribution in [0.25, 0.3) is 0 Å². The molecule has 1 saturated heterocycles. The van der Waals surface area contributed by atoms with E-state index in [9.17, 15) is 4.79 Å². The van der Waals surface area contributed by atoms with E-state index < -0.39 is 0 Å². The SMILES string of the molecule is CCOC1CCCN(C(=O)c2cc(C)c(C#CCO)s2)C1. The van der Waals surface area contributed by atoms with Crippen molar-refractivity contribution >= 4 is 17.2 Å². The zero-order valence-corrected chi connectivity index (χ0v) is 13.3. The van der Waals surface area contributed by atoms with Gasteiger partial charge >= 0.3 is 0 Å². The summed E-state index contributed by atoms with van der Waals surface area (Å²) in [7, 11) is 0. The van der Waals surface area contributed by atoms with E-state index in [0.717, 1.165) is 29.8 Å². The largest absolute Gasteiger partial charge is 0.384 e. The average molecular weight is 307 g/mol. The molecule has 0 radical (unpaired) electrons. The number of hydrogen-bond acceptors (Lipinski definition) is 4. The molecule has 1 aliphatic heterocycles. The van der Waals surface area contributed by atoms with Crippen molar-refractivity contribution in [3.8, 4) is 11.8 Å². The Morgan fingerprint density at radius 2 is 2.43 bits per heavy atom. The van der Waals surface area contributed by atoms with Crippen molar-refractivity contribution in [2.75, 3.05) is 26.3 Å². The number of thiophene rings is 1. The number of likely N-dealkylation sites (tertiary alicyclic amines) is 1. The van der Waals surface area contributed by atoms with Gasteiger partial charge in [-0.05, 0) is 38.3 Å². The van der Waals surface area contributed by atoms with E-state index in [1.165, 1.54) is 11.3 Å². The van der Waals surface area contributed by atoms with Gasteiger partial charge in [0.15, 0.2) is 0 Å². The van der Waals surface area contributed by atoms with Gasteiger partial charge in [0.2, 0.25) is 0 Å². The van der Waals surface area contributed by atoms with Crippen molar-refractivity contribution in [1.82, 2.24) is 4.90 Å². The maximum atomic E-state index is 12.6. The molecule has 0 aliphatic carbocycles. The Bertz CT molecular complexity index is 554. The zero-order valence-electron chi connectivity index (χ0n) is 12.5. The molecular weight excluding hydrogens is 286 g/mol. The molecule has 1 aromatic heterocycles. The van der Waals surface area contributed by atoms with Crippen molar-refractivity contribution in [3.05, 3.63) is 21.4 Å². The molecule has 21 heavy (non-hydrogen) atoms. The predicted molar refractivity (Wildman–Crippen MR) is 83.6 cm³/mol. The Labute approximate surface area is 129 Å². The first-order chi connectivity index (χ1) is 10.2. The van der Waals surface area contributed by atoms with Crippen molar-refractivity contribution in [3.63, 3.8) is 0 Å². The first kappa shape index (κ1) is 16.0. The predicted octanol–water partition coefficient (Wildman–Crippen LogP) is 2.04. The number of amides is 1. The first-order valence-electron chi connectivity index (χ1n) is 7.26. The minimum absolute atomic E-state index is 0.0598. The van der Waals surface area contributed by atoms with E-state index in [2.05, 4.69) is 11.8 Å². The fourth-order valence-corrected chi connectivity index (χ4v) is 3.50. The van der Waals surface area contributed by atoms with Gasteiger partial charge in [-0.2, -0.15) is 0 Å². The van der Waals surface area contributed by atoms with Crippen LogP contribution in [0.5, 0.6) is 0 Å².